The Labute approximate surface area is 193 Å². The van der Waals surface area contributed by atoms with Gasteiger partial charge in [-0.15, -0.1) is 0 Å². The number of alkyl halides is 3. The summed E-state index contributed by atoms with van der Waals surface area (Å²) in [6.07, 6.45) is -2.92. The summed E-state index contributed by atoms with van der Waals surface area (Å²) in [4.78, 5) is 15.5. The molecule has 2 aromatic carbocycles. The average Bonchev–Trinajstić information content (AvgIpc) is 3.30. The van der Waals surface area contributed by atoms with Crippen molar-refractivity contribution in [2.24, 2.45) is 0 Å². The first-order chi connectivity index (χ1) is 16.3. The molecule has 0 amide bonds. The summed E-state index contributed by atoms with van der Waals surface area (Å²) < 4.78 is 46.5. The normalized spacial score (nSPS) is 11.4. The molecule has 0 aliphatic rings. The molecule has 0 saturated heterocycles. The van der Waals surface area contributed by atoms with Crippen LogP contribution in [0.15, 0.2) is 72.9 Å². The van der Waals surface area contributed by atoms with Crippen molar-refractivity contribution in [3.63, 3.8) is 0 Å². The van der Waals surface area contributed by atoms with Gasteiger partial charge in [0.1, 0.15) is 5.75 Å². The number of pyridine rings is 1. The van der Waals surface area contributed by atoms with E-state index >= 15 is 0 Å². The molecule has 4 rings (SSSR count). The number of carboxylic acids is 1. The summed E-state index contributed by atoms with van der Waals surface area (Å²) >= 11 is 0. The van der Waals surface area contributed by atoms with Gasteiger partial charge in [-0.1, -0.05) is 42.5 Å². The predicted molar refractivity (Wildman–Crippen MR) is 117 cm³/mol. The van der Waals surface area contributed by atoms with Gasteiger partial charge < -0.3 is 14.6 Å². The number of aromatic carboxylic acids is 1. The van der Waals surface area contributed by atoms with Crippen molar-refractivity contribution in [3.8, 4) is 22.8 Å². The maximum absolute atomic E-state index is 13.6. The van der Waals surface area contributed by atoms with Gasteiger partial charge in [0.15, 0.2) is 11.5 Å². The molecule has 0 aliphatic heterocycles. The Morgan fingerprint density at radius 3 is 2.41 bits per heavy atom. The standard InChI is InChI=1S/C25H20F3N3O3/c1-34-18-13-10-16(11-14-18)9-12-17-5-2-3-6-19(17)21-7-4-8-22(30-21)31-23(25(26,27)28)20(15-29-31)24(32)33/h2-8,10-11,13-15H,9,12H2,1H3,(H,32,33)/p-1. The van der Waals surface area contributed by atoms with Crippen LogP contribution in [-0.4, -0.2) is 27.8 Å². The van der Waals surface area contributed by atoms with Crippen LogP contribution in [0.5, 0.6) is 5.75 Å². The highest BCUT2D eigenvalue weighted by atomic mass is 19.4. The molecule has 174 valence electrons. The molecular weight excluding hydrogens is 447 g/mol. The van der Waals surface area contributed by atoms with Crippen molar-refractivity contribution in [2.45, 2.75) is 19.0 Å². The van der Waals surface area contributed by atoms with E-state index in [-0.39, 0.29) is 5.82 Å². The van der Waals surface area contributed by atoms with Gasteiger partial charge in [0, 0.05) is 11.1 Å². The molecule has 0 saturated carbocycles. The summed E-state index contributed by atoms with van der Waals surface area (Å²) in [5.41, 5.74) is 0.804. The molecule has 0 bridgehead atoms. The average molecular weight is 466 g/mol. The number of carbonyl (C=O) groups is 1. The third-order valence-corrected chi connectivity index (χ3v) is 5.34. The number of nitrogens with zero attached hydrogens (tertiary/aromatic N) is 3. The molecule has 2 heterocycles. The lowest BCUT2D eigenvalue weighted by atomic mass is 9.97. The van der Waals surface area contributed by atoms with Crippen LogP contribution >= 0.6 is 0 Å². The molecule has 4 aromatic rings. The number of carbonyl (C=O) groups excluding carboxylic acids is 1. The molecule has 0 radical (unpaired) electrons. The van der Waals surface area contributed by atoms with Crippen molar-refractivity contribution in [1.29, 1.82) is 0 Å². The van der Waals surface area contributed by atoms with E-state index in [1.165, 1.54) is 6.07 Å². The van der Waals surface area contributed by atoms with Crippen molar-refractivity contribution in [3.05, 3.63) is 95.3 Å². The molecule has 6 nitrogen and oxygen atoms in total. The fourth-order valence-electron chi connectivity index (χ4n) is 3.69. The second-order valence-electron chi connectivity index (χ2n) is 7.49. The first-order valence-electron chi connectivity index (χ1n) is 10.3. The molecule has 0 spiro atoms. The zero-order chi connectivity index (χ0) is 24.3. The topological polar surface area (TPSA) is 80.1 Å². The number of carboxylic acid groups (broad SMARTS) is 1. The van der Waals surface area contributed by atoms with Crippen LogP contribution in [-0.2, 0) is 19.0 Å². The van der Waals surface area contributed by atoms with E-state index in [9.17, 15) is 23.1 Å². The lowest BCUT2D eigenvalue weighted by Gasteiger charge is -2.14. The minimum Gasteiger partial charge on any atom is -0.545 e. The summed E-state index contributed by atoms with van der Waals surface area (Å²) in [6.45, 7) is 0. The number of hydrogen-bond donors (Lipinski definition) is 0. The second-order valence-corrected chi connectivity index (χ2v) is 7.49. The fraction of sp³-hybridized carbons (Fsp3) is 0.160. The molecule has 0 atom stereocenters. The Balaban J connectivity index is 1.67. The number of rotatable bonds is 7. The van der Waals surface area contributed by atoms with Crippen LogP contribution in [0.2, 0.25) is 0 Å². The van der Waals surface area contributed by atoms with Crippen LogP contribution in [0.25, 0.3) is 17.1 Å². The molecule has 0 aliphatic carbocycles. The largest absolute Gasteiger partial charge is 0.545 e. The van der Waals surface area contributed by atoms with E-state index in [1.54, 1.807) is 19.2 Å². The summed E-state index contributed by atoms with van der Waals surface area (Å²) in [5, 5.41) is 14.8. The first-order valence-corrected chi connectivity index (χ1v) is 10.3. The van der Waals surface area contributed by atoms with Crippen molar-refractivity contribution >= 4 is 5.97 Å². The van der Waals surface area contributed by atoms with Crippen molar-refractivity contribution in [2.75, 3.05) is 7.11 Å². The highest BCUT2D eigenvalue weighted by molar-refractivity contribution is 5.87. The molecule has 0 fully saturated rings. The minimum absolute atomic E-state index is 0.151. The number of hydrogen-bond acceptors (Lipinski definition) is 5. The summed E-state index contributed by atoms with van der Waals surface area (Å²) in [7, 11) is 1.60. The summed E-state index contributed by atoms with van der Waals surface area (Å²) in [6, 6.07) is 19.8. The Bertz CT molecular complexity index is 1310. The first kappa shape index (κ1) is 23.0. The van der Waals surface area contributed by atoms with E-state index in [1.807, 2.05) is 48.5 Å². The van der Waals surface area contributed by atoms with E-state index in [0.29, 0.717) is 23.0 Å². The van der Waals surface area contributed by atoms with Crippen LogP contribution in [0.4, 0.5) is 13.2 Å². The Hall–Kier alpha value is -4.14. The van der Waals surface area contributed by atoms with Crippen molar-refractivity contribution in [1.82, 2.24) is 14.8 Å². The van der Waals surface area contributed by atoms with Gasteiger partial charge in [-0.2, -0.15) is 18.3 Å². The quantitative estimate of drug-likeness (QED) is 0.410. The maximum Gasteiger partial charge on any atom is 0.434 e. The third kappa shape index (κ3) is 4.78. The SMILES string of the molecule is COc1ccc(CCc2ccccc2-c2cccc(-n3ncc(C(=O)[O-])c3C(F)(F)F)n2)cc1. The molecule has 0 N–H and O–H groups in total. The zero-order valence-electron chi connectivity index (χ0n) is 18.0. The van der Waals surface area contributed by atoms with E-state index in [4.69, 9.17) is 4.74 Å². The lowest BCUT2D eigenvalue weighted by Crippen LogP contribution is -2.26. The van der Waals surface area contributed by atoms with Gasteiger partial charge in [-0.05, 0) is 48.2 Å². The van der Waals surface area contributed by atoms with Crippen LogP contribution in [0.3, 0.4) is 0 Å². The molecule has 0 unspecified atom stereocenters. The smallest absolute Gasteiger partial charge is 0.434 e. The Morgan fingerprint density at radius 2 is 1.74 bits per heavy atom. The number of methoxy groups -OCH3 is 1. The van der Waals surface area contributed by atoms with Gasteiger partial charge in [0.2, 0.25) is 0 Å². The number of aromatic nitrogens is 3. The fourth-order valence-corrected chi connectivity index (χ4v) is 3.69. The number of halogens is 3. The maximum atomic E-state index is 13.6. The van der Waals surface area contributed by atoms with Crippen molar-refractivity contribution < 1.29 is 27.8 Å². The third-order valence-electron chi connectivity index (χ3n) is 5.34. The van der Waals surface area contributed by atoms with Crippen LogP contribution in [0.1, 0.15) is 27.2 Å². The van der Waals surface area contributed by atoms with Gasteiger partial charge >= 0.3 is 6.18 Å². The van der Waals surface area contributed by atoms with Gasteiger partial charge in [-0.25, -0.2) is 9.67 Å². The van der Waals surface area contributed by atoms with E-state index in [2.05, 4.69) is 10.1 Å². The Morgan fingerprint density at radius 1 is 1.00 bits per heavy atom. The van der Waals surface area contributed by atoms with Crippen LogP contribution < -0.4 is 9.84 Å². The molecular formula is C25H19F3N3O3-. The van der Waals surface area contributed by atoms with Crippen LogP contribution in [0, 0.1) is 0 Å². The molecule has 34 heavy (non-hydrogen) atoms. The Kier molecular flexibility index (Phi) is 6.36. The monoisotopic (exact) mass is 466 g/mol. The summed E-state index contributed by atoms with van der Waals surface area (Å²) in [5.74, 6) is -1.34. The number of benzene rings is 2. The zero-order valence-corrected chi connectivity index (χ0v) is 18.0. The number of ether oxygens (including phenoxy) is 1. The van der Waals surface area contributed by atoms with E-state index < -0.39 is 23.4 Å². The molecule has 2 aromatic heterocycles. The lowest BCUT2D eigenvalue weighted by molar-refractivity contribution is -0.255. The minimum atomic E-state index is -4.96. The highest BCUT2D eigenvalue weighted by Crippen LogP contribution is 2.33. The van der Waals surface area contributed by atoms with Gasteiger partial charge in [-0.3, -0.25) is 0 Å². The predicted octanol–water partition coefficient (Wildman–Crippen LogP) is 4.11. The van der Waals surface area contributed by atoms with E-state index in [0.717, 1.165) is 28.9 Å². The number of aryl methyl sites for hydroxylation is 2. The highest BCUT2D eigenvalue weighted by Gasteiger charge is 2.39. The van der Waals surface area contributed by atoms with Gasteiger partial charge in [0.05, 0.1) is 25.0 Å². The second kappa shape index (κ2) is 9.38. The molecule has 9 heteroatoms. The van der Waals surface area contributed by atoms with Gasteiger partial charge in [0.25, 0.3) is 0 Å².